The maximum Gasteiger partial charge on any atom is 0.455 e. The maximum atomic E-state index is 12.6. The van der Waals surface area contributed by atoms with Crippen molar-refractivity contribution in [1.29, 1.82) is 0 Å². The van der Waals surface area contributed by atoms with E-state index < -0.39 is 18.1 Å². The molecule has 0 radical (unpaired) electrons. The Kier molecular flexibility index (Phi) is 4.50. The van der Waals surface area contributed by atoms with Crippen LogP contribution in [0.5, 0.6) is 0 Å². The first-order valence-electron chi connectivity index (χ1n) is 3.49. The van der Waals surface area contributed by atoms with E-state index in [1.165, 1.54) is 10.8 Å². The summed E-state index contributed by atoms with van der Waals surface area (Å²) in [6.07, 6.45) is -5.62. The van der Waals surface area contributed by atoms with E-state index in [0.717, 1.165) is 17.4 Å². The van der Waals surface area contributed by atoms with Crippen LogP contribution in [0.4, 0.5) is 22.0 Å². The summed E-state index contributed by atoms with van der Waals surface area (Å²) >= 11 is 1.01. The molecule has 0 aliphatic rings. The average molecular weight is 268 g/mol. The van der Waals surface area contributed by atoms with Gasteiger partial charge < -0.3 is 5.73 Å². The van der Waals surface area contributed by atoms with Gasteiger partial charge in [-0.15, -0.1) is 12.4 Å². The second-order valence-corrected chi connectivity index (χ2v) is 3.44. The smallest absolute Gasteiger partial charge is 0.319 e. The average Bonchev–Trinajstić information content (AvgIpc) is 2.52. The number of rotatable bonds is 2. The predicted octanol–water partition coefficient (Wildman–Crippen LogP) is 3.37. The normalized spacial score (nSPS) is 14.5. The number of nitrogens with two attached hydrogens (primary N) is 1. The Hall–Kier alpha value is -0.400. The molecule has 0 saturated carbocycles. The topological polar surface area (TPSA) is 26.0 Å². The van der Waals surface area contributed by atoms with Crippen LogP contribution in [0, 0.1) is 0 Å². The fourth-order valence-corrected chi connectivity index (χ4v) is 1.53. The fourth-order valence-electron chi connectivity index (χ4n) is 0.838. The van der Waals surface area contributed by atoms with E-state index in [0.29, 0.717) is 0 Å². The van der Waals surface area contributed by atoms with Crippen LogP contribution in [0.15, 0.2) is 16.8 Å². The molecule has 0 aliphatic carbocycles. The van der Waals surface area contributed by atoms with Gasteiger partial charge in [0.15, 0.2) is 0 Å². The monoisotopic (exact) mass is 267 g/mol. The van der Waals surface area contributed by atoms with Crippen LogP contribution < -0.4 is 5.73 Å². The lowest BCUT2D eigenvalue weighted by Crippen LogP contribution is -2.45. The van der Waals surface area contributed by atoms with Crippen molar-refractivity contribution in [2.75, 3.05) is 0 Å². The summed E-state index contributed by atoms with van der Waals surface area (Å²) in [6.45, 7) is 0. The first-order valence-corrected chi connectivity index (χ1v) is 4.43. The van der Waals surface area contributed by atoms with Crippen LogP contribution in [-0.2, 0) is 0 Å². The largest absolute Gasteiger partial charge is 0.455 e. The van der Waals surface area contributed by atoms with Crippen LogP contribution >= 0.6 is 23.7 Å². The molecule has 1 rings (SSSR count). The summed E-state index contributed by atoms with van der Waals surface area (Å²) in [5.74, 6) is -4.89. The molecule has 1 atom stereocenters. The van der Waals surface area contributed by atoms with Gasteiger partial charge in [-0.3, -0.25) is 0 Å². The summed E-state index contributed by atoms with van der Waals surface area (Å²) in [7, 11) is 0. The molecule has 1 nitrogen and oxygen atoms in total. The molecule has 1 aromatic heterocycles. The lowest BCUT2D eigenvalue weighted by molar-refractivity contribution is -0.290. The number of thiophene rings is 1. The lowest BCUT2D eigenvalue weighted by atomic mass is 10.0. The number of hydrogen-bond acceptors (Lipinski definition) is 2. The number of hydrogen-bond donors (Lipinski definition) is 1. The van der Waals surface area contributed by atoms with Crippen LogP contribution in [0.1, 0.15) is 11.6 Å². The minimum absolute atomic E-state index is 0. The molecule has 8 heteroatoms. The molecule has 1 aromatic rings. The maximum absolute atomic E-state index is 12.6. The highest BCUT2D eigenvalue weighted by atomic mass is 35.5. The van der Waals surface area contributed by atoms with E-state index in [1.807, 2.05) is 0 Å². The first-order chi connectivity index (χ1) is 6.27. The van der Waals surface area contributed by atoms with E-state index in [2.05, 4.69) is 0 Å². The summed E-state index contributed by atoms with van der Waals surface area (Å²) in [5.41, 5.74) is 4.63. The van der Waals surface area contributed by atoms with Crippen molar-refractivity contribution in [3.8, 4) is 0 Å². The van der Waals surface area contributed by atoms with Gasteiger partial charge in [-0.2, -0.15) is 33.3 Å². The minimum Gasteiger partial charge on any atom is -0.319 e. The standard InChI is InChI=1S/C7H6F5NS.ClH/c8-6(9,7(10,11)12)5(13)4-1-2-14-3-4;/h1-3,5H,13H2;1H/t5-;/m1./s1. The van der Waals surface area contributed by atoms with Gasteiger partial charge in [0.25, 0.3) is 0 Å². The van der Waals surface area contributed by atoms with E-state index in [-0.39, 0.29) is 18.0 Å². The van der Waals surface area contributed by atoms with Gasteiger partial charge in [-0.05, 0) is 22.4 Å². The molecule has 2 N–H and O–H groups in total. The minimum atomic E-state index is -5.62. The molecule has 0 bridgehead atoms. The van der Waals surface area contributed by atoms with Gasteiger partial charge in [-0.25, -0.2) is 0 Å². The third-order valence-corrected chi connectivity index (χ3v) is 2.37. The van der Waals surface area contributed by atoms with E-state index in [9.17, 15) is 22.0 Å². The second kappa shape index (κ2) is 4.63. The van der Waals surface area contributed by atoms with Crippen LogP contribution in [-0.4, -0.2) is 12.1 Å². The van der Waals surface area contributed by atoms with Gasteiger partial charge >= 0.3 is 12.1 Å². The zero-order valence-electron chi connectivity index (χ0n) is 7.09. The van der Waals surface area contributed by atoms with E-state index in [4.69, 9.17) is 5.73 Å². The Bertz CT molecular complexity index is 297. The molecule has 1 heterocycles. The Morgan fingerprint density at radius 1 is 1.20 bits per heavy atom. The molecule has 0 aliphatic heterocycles. The predicted molar refractivity (Wildman–Crippen MR) is 49.5 cm³/mol. The molecule has 0 saturated heterocycles. The number of halogens is 6. The summed E-state index contributed by atoms with van der Waals surface area (Å²) < 4.78 is 60.8. The molecule has 0 unspecified atom stereocenters. The molecule has 88 valence electrons. The summed E-state index contributed by atoms with van der Waals surface area (Å²) in [6, 6.07) is -1.19. The van der Waals surface area contributed by atoms with Gasteiger partial charge in [0.1, 0.15) is 6.04 Å². The summed E-state index contributed by atoms with van der Waals surface area (Å²) in [5, 5.41) is 2.56. The van der Waals surface area contributed by atoms with E-state index in [1.54, 1.807) is 0 Å². The zero-order valence-corrected chi connectivity index (χ0v) is 8.73. The van der Waals surface area contributed by atoms with Gasteiger partial charge in [-0.1, -0.05) is 0 Å². The highest BCUT2D eigenvalue weighted by Crippen LogP contribution is 2.43. The molecule has 0 amide bonds. The van der Waals surface area contributed by atoms with Crippen molar-refractivity contribution in [2.45, 2.75) is 18.1 Å². The molecule has 15 heavy (non-hydrogen) atoms. The number of alkyl halides is 5. The van der Waals surface area contributed by atoms with Gasteiger partial charge in [0.05, 0.1) is 0 Å². The van der Waals surface area contributed by atoms with Crippen molar-refractivity contribution in [3.63, 3.8) is 0 Å². The molecule has 0 spiro atoms. The molecule has 0 fully saturated rings. The molecular formula is C7H7ClF5NS. The van der Waals surface area contributed by atoms with E-state index >= 15 is 0 Å². The van der Waals surface area contributed by atoms with Crippen LogP contribution in [0.2, 0.25) is 0 Å². The Morgan fingerprint density at radius 3 is 2.07 bits per heavy atom. The van der Waals surface area contributed by atoms with Crippen molar-refractivity contribution in [1.82, 2.24) is 0 Å². The SMILES string of the molecule is Cl.N[C@H](c1ccsc1)C(F)(F)C(F)(F)F. The molecule has 0 aromatic carbocycles. The Morgan fingerprint density at radius 2 is 1.73 bits per heavy atom. The van der Waals surface area contributed by atoms with Crippen molar-refractivity contribution < 1.29 is 22.0 Å². The van der Waals surface area contributed by atoms with Crippen molar-refractivity contribution in [3.05, 3.63) is 22.4 Å². The van der Waals surface area contributed by atoms with Crippen LogP contribution in [0.25, 0.3) is 0 Å². The summed E-state index contributed by atoms with van der Waals surface area (Å²) in [4.78, 5) is 0. The third kappa shape index (κ3) is 2.79. The van der Waals surface area contributed by atoms with Crippen molar-refractivity contribution >= 4 is 23.7 Å². The Balaban J connectivity index is 0.00000196. The van der Waals surface area contributed by atoms with Crippen molar-refractivity contribution in [2.24, 2.45) is 5.73 Å². The third-order valence-electron chi connectivity index (χ3n) is 1.67. The quantitative estimate of drug-likeness (QED) is 0.817. The first kappa shape index (κ1) is 14.6. The highest BCUT2D eigenvalue weighted by molar-refractivity contribution is 7.07. The van der Waals surface area contributed by atoms with Gasteiger partial charge in [0.2, 0.25) is 0 Å². The van der Waals surface area contributed by atoms with Gasteiger partial charge in [0, 0.05) is 0 Å². The Labute approximate surface area is 92.5 Å². The fraction of sp³-hybridized carbons (Fsp3) is 0.429. The zero-order chi connectivity index (χ0) is 11.0. The highest BCUT2D eigenvalue weighted by Gasteiger charge is 2.61. The second-order valence-electron chi connectivity index (χ2n) is 2.66. The van der Waals surface area contributed by atoms with Crippen LogP contribution in [0.3, 0.4) is 0 Å². The molecular weight excluding hydrogens is 261 g/mol. The lowest BCUT2D eigenvalue weighted by Gasteiger charge is -2.25.